The standard InChI is InChI=1S/C13H13BrN2O2/c14-7-1-3-9-10-6-8(15-13(17)18)2-4-11(10)16-12(9)5-7/h1,3,5,8,15-16H,2,4,6H2,(H,17,18). The van der Waals surface area contributed by atoms with Crippen LogP contribution in [0.15, 0.2) is 22.7 Å². The molecular weight excluding hydrogens is 296 g/mol. The Balaban J connectivity index is 1.99. The van der Waals surface area contributed by atoms with E-state index in [-0.39, 0.29) is 6.04 Å². The summed E-state index contributed by atoms with van der Waals surface area (Å²) in [7, 11) is 0. The highest BCUT2D eigenvalue weighted by Gasteiger charge is 2.23. The number of hydrogen-bond acceptors (Lipinski definition) is 1. The number of rotatable bonds is 1. The van der Waals surface area contributed by atoms with Gasteiger partial charge < -0.3 is 15.4 Å². The zero-order chi connectivity index (χ0) is 12.7. The summed E-state index contributed by atoms with van der Waals surface area (Å²) >= 11 is 3.46. The minimum Gasteiger partial charge on any atom is -0.465 e. The van der Waals surface area contributed by atoms with Gasteiger partial charge in [0.2, 0.25) is 0 Å². The number of fused-ring (bicyclic) bond motifs is 3. The van der Waals surface area contributed by atoms with Gasteiger partial charge in [-0.1, -0.05) is 22.0 Å². The van der Waals surface area contributed by atoms with Gasteiger partial charge >= 0.3 is 6.09 Å². The molecule has 1 aliphatic rings. The van der Waals surface area contributed by atoms with E-state index in [1.807, 2.05) is 6.07 Å². The van der Waals surface area contributed by atoms with Crippen LogP contribution in [0.1, 0.15) is 17.7 Å². The molecular formula is C13H13BrN2O2. The highest BCUT2D eigenvalue weighted by Crippen LogP contribution is 2.30. The average molecular weight is 309 g/mol. The largest absolute Gasteiger partial charge is 0.465 e. The van der Waals surface area contributed by atoms with Gasteiger partial charge in [-0.3, -0.25) is 0 Å². The summed E-state index contributed by atoms with van der Waals surface area (Å²) in [5.41, 5.74) is 3.61. The summed E-state index contributed by atoms with van der Waals surface area (Å²) in [5.74, 6) is 0. The molecule has 0 saturated carbocycles. The molecule has 0 bridgehead atoms. The van der Waals surface area contributed by atoms with Crippen LogP contribution >= 0.6 is 15.9 Å². The molecule has 1 aliphatic carbocycles. The van der Waals surface area contributed by atoms with Crippen LogP contribution in [0.3, 0.4) is 0 Å². The Hall–Kier alpha value is -1.49. The number of halogens is 1. The average Bonchev–Trinajstić information content (AvgIpc) is 2.65. The topological polar surface area (TPSA) is 65.1 Å². The number of nitrogens with one attached hydrogen (secondary N) is 2. The van der Waals surface area contributed by atoms with Crippen molar-refractivity contribution in [2.75, 3.05) is 0 Å². The van der Waals surface area contributed by atoms with E-state index in [1.54, 1.807) is 0 Å². The summed E-state index contributed by atoms with van der Waals surface area (Å²) in [6.45, 7) is 0. The van der Waals surface area contributed by atoms with Crippen molar-refractivity contribution >= 4 is 32.9 Å². The van der Waals surface area contributed by atoms with Gasteiger partial charge in [0, 0.05) is 27.1 Å². The Morgan fingerprint density at radius 3 is 3.11 bits per heavy atom. The van der Waals surface area contributed by atoms with Gasteiger partial charge in [-0.05, 0) is 37.0 Å². The van der Waals surface area contributed by atoms with Crippen LogP contribution in [0, 0.1) is 0 Å². The van der Waals surface area contributed by atoms with Gasteiger partial charge in [0.05, 0.1) is 0 Å². The zero-order valence-electron chi connectivity index (χ0n) is 9.66. The van der Waals surface area contributed by atoms with Gasteiger partial charge in [0.25, 0.3) is 0 Å². The number of aromatic nitrogens is 1. The van der Waals surface area contributed by atoms with E-state index in [2.05, 4.69) is 38.4 Å². The third-order valence-electron chi connectivity index (χ3n) is 3.48. The first-order chi connectivity index (χ1) is 8.63. The summed E-state index contributed by atoms with van der Waals surface area (Å²) in [4.78, 5) is 14.1. The second-order valence-corrected chi connectivity index (χ2v) is 5.58. The predicted octanol–water partition coefficient (Wildman–Crippen LogP) is 3.06. The van der Waals surface area contributed by atoms with E-state index in [0.29, 0.717) is 0 Å². The van der Waals surface area contributed by atoms with Crippen LogP contribution in [-0.4, -0.2) is 22.2 Å². The van der Waals surface area contributed by atoms with E-state index in [4.69, 9.17) is 5.11 Å². The van der Waals surface area contributed by atoms with E-state index in [0.717, 1.165) is 29.3 Å². The maximum absolute atomic E-state index is 10.7. The van der Waals surface area contributed by atoms with Crippen molar-refractivity contribution in [3.05, 3.63) is 33.9 Å². The summed E-state index contributed by atoms with van der Waals surface area (Å²) in [6.07, 6.45) is 1.58. The molecule has 0 fully saturated rings. The monoisotopic (exact) mass is 308 g/mol. The van der Waals surface area contributed by atoms with E-state index in [1.165, 1.54) is 16.6 Å². The highest BCUT2D eigenvalue weighted by atomic mass is 79.9. The molecule has 0 spiro atoms. The first-order valence-electron chi connectivity index (χ1n) is 5.92. The number of benzene rings is 1. The van der Waals surface area contributed by atoms with Crippen molar-refractivity contribution < 1.29 is 9.90 Å². The van der Waals surface area contributed by atoms with Crippen LogP contribution in [0.2, 0.25) is 0 Å². The van der Waals surface area contributed by atoms with Crippen molar-refractivity contribution in [3.63, 3.8) is 0 Å². The Morgan fingerprint density at radius 2 is 2.33 bits per heavy atom. The summed E-state index contributed by atoms with van der Waals surface area (Å²) in [6, 6.07) is 6.19. The van der Waals surface area contributed by atoms with Crippen LogP contribution in [-0.2, 0) is 12.8 Å². The number of H-pyrrole nitrogens is 1. The third-order valence-corrected chi connectivity index (χ3v) is 3.97. The minimum atomic E-state index is -0.939. The molecule has 1 atom stereocenters. The molecule has 5 heteroatoms. The maximum Gasteiger partial charge on any atom is 0.404 e. The Labute approximate surface area is 113 Å². The molecule has 1 aromatic carbocycles. The lowest BCUT2D eigenvalue weighted by atomic mass is 9.91. The number of amides is 1. The Morgan fingerprint density at radius 1 is 1.50 bits per heavy atom. The number of aromatic amines is 1. The van der Waals surface area contributed by atoms with E-state index >= 15 is 0 Å². The second-order valence-electron chi connectivity index (χ2n) is 4.66. The van der Waals surface area contributed by atoms with Gasteiger partial charge in [-0.2, -0.15) is 0 Å². The highest BCUT2D eigenvalue weighted by molar-refractivity contribution is 9.10. The molecule has 4 nitrogen and oxygen atoms in total. The fourth-order valence-electron chi connectivity index (χ4n) is 2.70. The zero-order valence-corrected chi connectivity index (χ0v) is 11.3. The molecule has 3 rings (SSSR count). The first-order valence-corrected chi connectivity index (χ1v) is 6.71. The van der Waals surface area contributed by atoms with Crippen LogP contribution in [0.4, 0.5) is 4.79 Å². The Bertz CT molecular complexity index is 621. The number of carboxylic acid groups (broad SMARTS) is 1. The molecule has 2 aromatic rings. The van der Waals surface area contributed by atoms with Crippen LogP contribution in [0.25, 0.3) is 10.9 Å². The van der Waals surface area contributed by atoms with Crippen molar-refractivity contribution in [3.8, 4) is 0 Å². The molecule has 0 saturated heterocycles. The summed E-state index contributed by atoms with van der Waals surface area (Å²) in [5, 5.41) is 12.6. The minimum absolute atomic E-state index is 0.0256. The molecule has 94 valence electrons. The van der Waals surface area contributed by atoms with E-state index < -0.39 is 6.09 Å². The molecule has 3 N–H and O–H groups in total. The van der Waals surface area contributed by atoms with Gasteiger partial charge in [-0.15, -0.1) is 0 Å². The molecule has 0 aliphatic heterocycles. The molecule has 1 unspecified atom stereocenters. The maximum atomic E-state index is 10.7. The lowest BCUT2D eigenvalue weighted by molar-refractivity contribution is 0.188. The van der Waals surface area contributed by atoms with Crippen molar-refractivity contribution in [1.82, 2.24) is 10.3 Å². The smallest absolute Gasteiger partial charge is 0.404 e. The SMILES string of the molecule is O=C(O)NC1CCc2[nH]c3cc(Br)ccc3c2C1. The molecule has 1 heterocycles. The lowest BCUT2D eigenvalue weighted by Gasteiger charge is -2.22. The Kier molecular flexibility index (Phi) is 2.78. The molecule has 1 amide bonds. The molecule has 0 radical (unpaired) electrons. The predicted molar refractivity (Wildman–Crippen MR) is 73.0 cm³/mol. The third kappa shape index (κ3) is 1.99. The van der Waals surface area contributed by atoms with Crippen LogP contribution < -0.4 is 5.32 Å². The quantitative estimate of drug-likeness (QED) is 0.758. The van der Waals surface area contributed by atoms with Crippen LogP contribution in [0.5, 0.6) is 0 Å². The second kappa shape index (κ2) is 4.31. The fourth-order valence-corrected chi connectivity index (χ4v) is 3.06. The van der Waals surface area contributed by atoms with Crippen molar-refractivity contribution in [2.24, 2.45) is 0 Å². The van der Waals surface area contributed by atoms with Gasteiger partial charge in [0.15, 0.2) is 0 Å². The van der Waals surface area contributed by atoms with Gasteiger partial charge in [-0.25, -0.2) is 4.79 Å². The fraction of sp³-hybridized carbons (Fsp3) is 0.308. The number of aryl methyl sites for hydroxylation is 1. The molecule has 1 aromatic heterocycles. The van der Waals surface area contributed by atoms with E-state index in [9.17, 15) is 4.79 Å². The van der Waals surface area contributed by atoms with Crippen molar-refractivity contribution in [2.45, 2.75) is 25.3 Å². The molecule has 18 heavy (non-hydrogen) atoms. The first kappa shape index (κ1) is 11.6. The van der Waals surface area contributed by atoms with Crippen molar-refractivity contribution in [1.29, 1.82) is 0 Å². The number of carbonyl (C=O) groups is 1. The lowest BCUT2D eigenvalue weighted by Crippen LogP contribution is -2.37. The normalized spacial score (nSPS) is 18.6. The number of hydrogen-bond donors (Lipinski definition) is 3. The summed E-state index contributed by atoms with van der Waals surface area (Å²) < 4.78 is 1.05. The van der Waals surface area contributed by atoms with Gasteiger partial charge in [0.1, 0.15) is 0 Å².